The zero-order chi connectivity index (χ0) is 10.7. The molecule has 2 aromatic rings. The number of rotatable bonds is 2. The highest BCUT2D eigenvalue weighted by atomic mass is 28.2. The Morgan fingerprint density at radius 2 is 0.933 bits per heavy atom. The van der Waals surface area contributed by atoms with Crippen LogP contribution in [0.1, 0.15) is 0 Å². The van der Waals surface area contributed by atoms with E-state index in [-0.39, 0.29) is 11.6 Å². The fourth-order valence-corrected chi connectivity index (χ4v) is 2.23. The van der Waals surface area contributed by atoms with Gasteiger partial charge >= 0.3 is 0 Å². The standard InChI is InChI=1S/C12H8F2Si/c13-9-1-5-11(6-2-9)15-12-7-3-10(14)4-8-12/h1-8H. The van der Waals surface area contributed by atoms with E-state index in [1.54, 1.807) is 24.3 Å². The molecule has 0 saturated heterocycles. The Hall–Kier alpha value is -1.48. The first-order valence-electron chi connectivity index (χ1n) is 4.52. The number of benzene rings is 2. The average Bonchev–Trinajstić information content (AvgIpc) is 2.25. The molecular formula is C12H8F2Si. The van der Waals surface area contributed by atoms with Crippen LogP contribution in [0, 0.1) is 11.6 Å². The summed E-state index contributed by atoms with van der Waals surface area (Å²) in [6.07, 6.45) is 0. The smallest absolute Gasteiger partial charge is 0.123 e. The van der Waals surface area contributed by atoms with Gasteiger partial charge in [0.25, 0.3) is 0 Å². The van der Waals surface area contributed by atoms with Gasteiger partial charge in [-0.3, -0.25) is 0 Å². The van der Waals surface area contributed by atoms with Crippen molar-refractivity contribution in [2.45, 2.75) is 0 Å². The highest BCUT2D eigenvalue weighted by molar-refractivity contribution is 6.67. The summed E-state index contributed by atoms with van der Waals surface area (Å²) in [6, 6.07) is 12.7. The van der Waals surface area contributed by atoms with E-state index < -0.39 is 0 Å². The van der Waals surface area contributed by atoms with Crippen molar-refractivity contribution < 1.29 is 8.78 Å². The SMILES string of the molecule is Fc1ccc([Si]c2ccc(F)cc2)cc1. The lowest BCUT2D eigenvalue weighted by molar-refractivity contribution is 0.628. The van der Waals surface area contributed by atoms with Crippen LogP contribution in [0.5, 0.6) is 0 Å². The Labute approximate surface area is 89.4 Å². The molecular weight excluding hydrogens is 210 g/mol. The van der Waals surface area contributed by atoms with Gasteiger partial charge in [-0.1, -0.05) is 34.6 Å². The van der Waals surface area contributed by atoms with Crippen molar-refractivity contribution in [1.82, 2.24) is 0 Å². The summed E-state index contributed by atoms with van der Waals surface area (Å²) in [5, 5.41) is 2.09. The van der Waals surface area contributed by atoms with Gasteiger partial charge in [-0.15, -0.1) is 0 Å². The summed E-state index contributed by atoms with van der Waals surface area (Å²) in [4.78, 5) is 0. The largest absolute Gasteiger partial charge is 0.207 e. The molecule has 0 fully saturated rings. The van der Waals surface area contributed by atoms with E-state index in [0.717, 1.165) is 10.4 Å². The van der Waals surface area contributed by atoms with Crippen LogP contribution >= 0.6 is 0 Å². The summed E-state index contributed by atoms with van der Waals surface area (Å²) in [7, 11) is 0.436. The molecule has 0 aromatic heterocycles. The van der Waals surface area contributed by atoms with Crippen molar-refractivity contribution >= 4 is 19.9 Å². The molecule has 15 heavy (non-hydrogen) atoms. The van der Waals surface area contributed by atoms with E-state index in [9.17, 15) is 8.78 Å². The van der Waals surface area contributed by atoms with Gasteiger partial charge in [0.1, 0.15) is 21.2 Å². The van der Waals surface area contributed by atoms with Crippen LogP contribution in [0.3, 0.4) is 0 Å². The summed E-state index contributed by atoms with van der Waals surface area (Å²) in [5.41, 5.74) is 0. The first-order chi connectivity index (χ1) is 7.24. The molecule has 0 saturated carbocycles. The first kappa shape index (κ1) is 10.0. The molecule has 0 aliphatic heterocycles. The zero-order valence-electron chi connectivity index (χ0n) is 7.87. The van der Waals surface area contributed by atoms with E-state index in [0.29, 0.717) is 9.52 Å². The number of hydrogen-bond acceptors (Lipinski definition) is 0. The van der Waals surface area contributed by atoms with Crippen LogP contribution in [-0.2, 0) is 0 Å². The van der Waals surface area contributed by atoms with E-state index in [2.05, 4.69) is 0 Å². The summed E-state index contributed by atoms with van der Waals surface area (Å²) >= 11 is 0. The fourth-order valence-electron chi connectivity index (χ4n) is 1.23. The minimum atomic E-state index is -0.234. The summed E-state index contributed by atoms with van der Waals surface area (Å²) in [5.74, 6) is -0.467. The van der Waals surface area contributed by atoms with Gasteiger partial charge in [-0.2, -0.15) is 0 Å². The van der Waals surface area contributed by atoms with Crippen LogP contribution in [0.4, 0.5) is 8.78 Å². The Balaban J connectivity index is 2.15. The lowest BCUT2D eigenvalue weighted by Gasteiger charge is -2.00. The summed E-state index contributed by atoms with van der Waals surface area (Å²) in [6.45, 7) is 0. The Bertz CT molecular complexity index is 391. The molecule has 0 aliphatic carbocycles. The molecule has 0 amide bonds. The van der Waals surface area contributed by atoms with Gasteiger partial charge < -0.3 is 0 Å². The second-order valence-electron chi connectivity index (χ2n) is 3.14. The second kappa shape index (κ2) is 4.36. The lowest BCUT2D eigenvalue weighted by atomic mass is 10.3. The van der Waals surface area contributed by atoms with Crippen molar-refractivity contribution in [3.63, 3.8) is 0 Å². The minimum Gasteiger partial charge on any atom is -0.207 e. The van der Waals surface area contributed by atoms with Gasteiger partial charge in [0, 0.05) is 0 Å². The molecule has 0 atom stereocenters. The lowest BCUT2D eigenvalue weighted by Crippen LogP contribution is -2.26. The van der Waals surface area contributed by atoms with E-state index in [1.807, 2.05) is 0 Å². The van der Waals surface area contributed by atoms with E-state index in [4.69, 9.17) is 0 Å². The third-order valence-electron chi connectivity index (χ3n) is 1.98. The third kappa shape index (κ3) is 2.73. The van der Waals surface area contributed by atoms with Crippen molar-refractivity contribution in [3.05, 3.63) is 60.2 Å². The highest BCUT2D eigenvalue weighted by Gasteiger charge is 1.98. The van der Waals surface area contributed by atoms with Crippen molar-refractivity contribution in [2.75, 3.05) is 0 Å². The van der Waals surface area contributed by atoms with Crippen LogP contribution in [-0.4, -0.2) is 9.52 Å². The quantitative estimate of drug-likeness (QED) is 0.672. The average molecular weight is 218 g/mol. The maximum absolute atomic E-state index is 12.6. The maximum atomic E-state index is 12.6. The van der Waals surface area contributed by atoms with E-state index >= 15 is 0 Å². The number of hydrogen-bond donors (Lipinski definition) is 0. The molecule has 0 nitrogen and oxygen atoms in total. The third-order valence-corrected chi connectivity index (χ3v) is 3.22. The molecule has 2 radical (unpaired) electrons. The fraction of sp³-hybridized carbons (Fsp3) is 0. The van der Waals surface area contributed by atoms with Gasteiger partial charge in [0.2, 0.25) is 0 Å². The topological polar surface area (TPSA) is 0 Å². The van der Waals surface area contributed by atoms with Gasteiger partial charge in [-0.05, 0) is 24.3 Å². The molecule has 0 heterocycles. The van der Waals surface area contributed by atoms with Gasteiger partial charge in [0.05, 0.1) is 0 Å². The predicted molar refractivity (Wildman–Crippen MR) is 57.8 cm³/mol. The van der Waals surface area contributed by atoms with Crippen LogP contribution in [0.2, 0.25) is 0 Å². The van der Waals surface area contributed by atoms with Crippen molar-refractivity contribution in [1.29, 1.82) is 0 Å². The first-order valence-corrected chi connectivity index (χ1v) is 5.52. The Kier molecular flexibility index (Phi) is 2.92. The van der Waals surface area contributed by atoms with Crippen molar-refractivity contribution in [3.8, 4) is 0 Å². The minimum absolute atomic E-state index is 0.234. The number of halogens is 2. The molecule has 2 aromatic carbocycles. The van der Waals surface area contributed by atoms with Crippen LogP contribution in [0.15, 0.2) is 48.5 Å². The molecule has 3 heteroatoms. The van der Waals surface area contributed by atoms with Crippen LogP contribution < -0.4 is 10.4 Å². The molecule has 0 unspecified atom stereocenters. The molecule has 0 N–H and O–H groups in total. The monoisotopic (exact) mass is 218 g/mol. The second-order valence-corrected chi connectivity index (χ2v) is 4.54. The predicted octanol–water partition coefficient (Wildman–Crippen LogP) is 1.62. The molecule has 0 aliphatic rings. The Morgan fingerprint density at radius 1 is 0.600 bits per heavy atom. The van der Waals surface area contributed by atoms with Gasteiger partial charge in [0.15, 0.2) is 0 Å². The van der Waals surface area contributed by atoms with Crippen LogP contribution in [0.25, 0.3) is 0 Å². The van der Waals surface area contributed by atoms with E-state index in [1.165, 1.54) is 24.3 Å². The van der Waals surface area contributed by atoms with Gasteiger partial charge in [-0.25, -0.2) is 8.78 Å². The molecule has 0 spiro atoms. The Morgan fingerprint density at radius 3 is 1.27 bits per heavy atom. The highest BCUT2D eigenvalue weighted by Crippen LogP contribution is 1.94. The maximum Gasteiger partial charge on any atom is 0.123 e. The summed E-state index contributed by atoms with van der Waals surface area (Å²) < 4.78 is 25.3. The molecule has 2 rings (SSSR count). The molecule has 0 bridgehead atoms. The normalized spacial score (nSPS) is 10.3. The molecule has 74 valence electrons. The van der Waals surface area contributed by atoms with Crippen molar-refractivity contribution in [2.24, 2.45) is 0 Å². The zero-order valence-corrected chi connectivity index (χ0v) is 8.87.